The van der Waals surface area contributed by atoms with Gasteiger partial charge in [-0.3, -0.25) is 0 Å². The van der Waals surface area contributed by atoms with E-state index in [9.17, 15) is 19.6 Å². The normalized spacial score (nSPS) is 14.3. The Balaban J connectivity index is 1.94. The lowest BCUT2D eigenvalue weighted by Gasteiger charge is -2.41. The van der Waals surface area contributed by atoms with Gasteiger partial charge >= 0.3 is 5.97 Å². The molecule has 174 valence electrons. The number of nitrogens with two attached hydrogens (primary N) is 1. The van der Waals surface area contributed by atoms with Crippen LogP contribution >= 0.6 is 0 Å². The Morgan fingerprint density at radius 3 is 2.43 bits per heavy atom. The molecule has 0 bridgehead atoms. The van der Waals surface area contributed by atoms with Crippen molar-refractivity contribution in [2.75, 3.05) is 18.9 Å². The fourth-order valence-corrected chi connectivity index (χ4v) is 4.75. The van der Waals surface area contributed by atoms with Gasteiger partial charge in [-0.2, -0.15) is 5.26 Å². The zero-order chi connectivity index (χ0) is 24.7. The van der Waals surface area contributed by atoms with Crippen LogP contribution in [-0.2, 0) is 10.2 Å². The molecule has 5 rings (SSSR count). The molecule has 1 saturated heterocycles. The van der Waals surface area contributed by atoms with Gasteiger partial charge in [0.1, 0.15) is 5.82 Å². The predicted molar refractivity (Wildman–Crippen MR) is 131 cm³/mol. The number of carboxylic acids is 1. The zero-order valence-electron chi connectivity index (χ0n) is 18.6. The Labute approximate surface area is 200 Å². The first kappa shape index (κ1) is 22.3. The molecule has 35 heavy (non-hydrogen) atoms. The summed E-state index contributed by atoms with van der Waals surface area (Å²) in [4.78, 5) is 11.4. The molecule has 4 N–H and O–H groups in total. The first-order valence-electron chi connectivity index (χ1n) is 10.9. The van der Waals surface area contributed by atoms with E-state index in [-0.39, 0.29) is 17.8 Å². The lowest BCUT2D eigenvalue weighted by atomic mass is 9.76. The molecular formula is C27H21FN4O3. The molecule has 0 saturated carbocycles. The molecule has 1 fully saturated rings. The number of fused-ring (bicyclic) bond motifs is 1. The molecule has 7 nitrogen and oxygen atoms in total. The van der Waals surface area contributed by atoms with Gasteiger partial charge in [0.05, 0.1) is 42.2 Å². The minimum Gasteiger partial charge on any atom is -0.478 e. The Kier molecular flexibility index (Phi) is 5.35. The number of carbonyl (C=O) groups is 1. The molecule has 0 atom stereocenters. The Morgan fingerprint density at radius 2 is 1.89 bits per heavy atom. The second-order valence-corrected chi connectivity index (χ2v) is 8.67. The maximum Gasteiger partial charge on any atom is 0.335 e. The molecule has 4 aromatic rings. The van der Waals surface area contributed by atoms with Crippen LogP contribution in [0.25, 0.3) is 27.7 Å². The van der Waals surface area contributed by atoms with Crippen molar-refractivity contribution in [3.63, 3.8) is 0 Å². The number of ether oxygens (including phenoxy) is 1. The summed E-state index contributed by atoms with van der Waals surface area (Å²) >= 11 is 0. The van der Waals surface area contributed by atoms with Gasteiger partial charge in [-0.15, -0.1) is 0 Å². The summed E-state index contributed by atoms with van der Waals surface area (Å²) in [7, 11) is 0. The summed E-state index contributed by atoms with van der Waals surface area (Å²) < 4.78 is 21.4. The summed E-state index contributed by atoms with van der Waals surface area (Å²) in [5.74, 6) is -1.40. The summed E-state index contributed by atoms with van der Waals surface area (Å²) in [6.45, 7) is 0.649. The minimum absolute atomic E-state index is 0.155. The van der Waals surface area contributed by atoms with Gasteiger partial charge < -0.3 is 25.6 Å². The van der Waals surface area contributed by atoms with E-state index in [0.717, 1.165) is 27.7 Å². The highest BCUT2D eigenvalue weighted by Gasteiger charge is 2.45. The third-order valence-corrected chi connectivity index (χ3v) is 6.51. The number of nitrogen functional groups attached to an aromatic ring is 1. The van der Waals surface area contributed by atoms with Crippen LogP contribution in [-0.4, -0.2) is 35.1 Å². The molecule has 1 aromatic heterocycles. The number of nitrogens with zero attached hydrogens (tertiary/aromatic N) is 2. The van der Waals surface area contributed by atoms with Crippen molar-refractivity contribution in [1.29, 1.82) is 10.7 Å². The SMILES string of the molecule is N#CCC1(c2c(-c3ccc(C(=O)O)cc3)c3cc(N)c(C=N)cc3n2-c2ccc(F)cc2)COC1. The van der Waals surface area contributed by atoms with Crippen molar-refractivity contribution in [3.05, 3.63) is 83.3 Å². The predicted octanol–water partition coefficient (Wildman–Crippen LogP) is 4.90. The van der Waals surface area contributed by atoms with Gasteiger partial charge in [-0.25, -0.2) is 9.18 Å². The maximum absolute atomic E-state index is 13.8. The number of benzene rings is 3. The molecule has 0 unspecified atom stereocenters. The van der Waals surface area contributed by atoms with E-state index in [4.69, 9.17) is 15.9 Å². The fraction of sp³-hybridized carbons (Fsp3) is 0.148. The number of aromatic carboxylic acids is 1. The number of rotatable bonds is 6. The maximum atomic E-state index is 13.8. The van der Waals surface area contributed by atoms with Crippen LogP contribution in [0.3, 0.4) is 0 Å². The third kappa shape index (κ3) is 3.54. The molecule has 2 heterocycles. The van der Waals surface area contributed by atoms with Crippen molar-refractivity contribution >= 4 is 28.8 Å². The molecule has 3 aromatic carbocycles. The highest BCUT2D eigenvalue weighted by atomic mass is 19.1. The number of nitriles is 1. The standard InChI is InChI=1S/C27H21FN4O3/c28-19-5-7-20(8-6-19)32-23-11-18(13-30)22(31)12-21(23)24(16-1-3-17(4-2-16)26(33)34)25(32)27(9-10-29)14-35-15-27/h1-8,11-13,30H,9,14-15,31H2,(H,33,34). The average Bonchev–Trinajstić information content (AvgIpc) is 3.15. The average molecular weight is 468 g/mol. The molecule has 0 spiro atoms. The third-order valence-electron chi connectivity index (χ3n) is 6.51. The van der Waals surface area contributed by atoms with E-state index in [1.54, 1.807) is 36.4 Å². The Morgan fingerprint density at radius 1 is 1.20 bits per heavy atom. The van der Waals surface area contributed by atoms with Gasteiger partial charge in [0.25, 0.3) is 0 Å². The Bertz CT molecular complexity index is 1510. The molecule has 8 heteroatoms. The fourth-order valence-electron chi connectivity index (χ4n) is 4.75. The molecule has 0 aliphatic carbocycles. The Hall–Kier alpha value is -4.48. The van der Waals surface area contributed by atoms with Gasteiger partial charge in [-0.05, 0) is 54.1 Å². The number of aromatic nitrogens is 1. The monoisotopic (exact) mass is 468 g/mol. The van der Waals surface area contributed by atoms with Crippen molar-refractivity contribution in [3.8, 4) is 22.9 Å². The number of nitrogens with one attached hydrogen (secondary N) is 1. The number of halogens is 1. The highest BCUT2D eigenvalue weighted by molar-refractivity contribution is 6.05. The van der Waals surface area contributed by atoms with Gasteiger partial charge in [0.15, 0.2) is 0 Å². The smallest absolute Gasteiger partial charge is 0.335 e. The first-order chi connectivity index (χ1) is 16.9. The van der Waals surface area contributed by atoms with Crippen LogP contribution < -0.4 is 5.73 Å². The lowest BCUT2D eigenvalue weighted by molar-refractivity contribution is -0.0601. The highest BCUT2D eigenvalue weighted by Crippen LogP contribution is 2.48. The quantitative estimate of drug-likeness (QED) is 0.274. The van der Waals surface area contributed by atoms with Crippen LogP contribution in [0.2, 0.25) is 0 Å². The number of carboxylic acid groups (broad SMARTS) is 1. The second kappa shape index (κ2) is 8.38. The lowest BCUT2D eigenvalue weighted by Crippen LogP contribution is -2.48. The summed E-state index contributed by atoms with van der Waals surface area (Å²) in [5, 5.41) is 27.7. The van der Waals surface area contributed by atoms with Gasteiger partial charge in [0, 0.05) is 39.8 Å². The van der Waals surface area contributed by atoms with Crippen LogP contribution in [0.1, 0.15) is 28.0 Å². The van der Waals surface area contributed by atoms with E-state index in [2.05, 4.69) is 6.07 Å². The molecule has 0 radical (unpaired) electrons. The summed E-state index contributed by atoms with van der Waals surface area (Å²) in [6.07, 6.45) is 1.37. The zero-order valence-corrected chi connectivity index (χ0v) is 18.6. The van der Waals surface area contributed by atoms with Crippen molar-refractivity contribution < 1.29 is 19.0 Å². The van der Waals surface area contributed by atoms with Crippen LogP contribution in [0.5, 0.6) is 0 Å². The minimum atomic E-state index is -1.03. The van der Waals surface area contributed by atoms with E-state index in [1.165, 1.54) is 30.5 Å². The largest absolute Gasteiger partial charge is 0.478 e. The van der Waals surface area contributed by atoms with E-state index in [1.807, 2.05) is 4.57 Å². The molecule has 1 aliphatic heterocycles. The number of hydrogen-bond acceptors (Lipinski definition) is 5. The van der Waals surface area contributed by atoms with Crippen molar-refractivity contribution in [1.82, 2.24) is 4.57 Å². The van der Waals surface area contributed by atoms with Crippen molar-refractivity contribution in [2.24, 2.45) is 0 Å². The number of hydrogen-bond donors (Lipinski definition) is 3. The topological polar surface area (TPSA) is 125 Å². The number of anilines is 1. The van der Waals surface area contributed by atoms with Crippen LogP contribution in [0, 0.1) is 22.6 Å². The summed E-state index contributed by atoms with van der Waals surface area (Å²) in [6, 6.07) is 18.5. The van der Waals surface area contributed by atoms with Gasteiger partial charge in [-0.1, -0.05) is 12.1 Å². The molecular weight excluding hydrogens is 447 g/mol. The first-order valence-corrected chi connectivity index (χ1v) is 10.9. The van der Waals surface area contributed by atoms with Gasteiger partial charge in [0.2, 0.25) is 0 Å². The molecule has 1 aliphatic rings. The van der Waals surface area contributed by atoms with E-state index in [0.29, 0.717) is 30.2 Å². The van der Waals surface area contributed by atoms with Crippen LogP contribution in [0.15, 0.2) is 60.7 Å². The van der Waals surface area contributed by atoms with E-state index < -0.39 is 11.4 Å². The van der Waals surface area contributed by atoms with Crippen LogP contribution in [0.4, 0.5) is 10.1 Å². The van der Waals surface area contributed by atoms with E-state index >= 15 is 0 Å². The van der Waals surface area contributed by atoms with Crippen molar-refractivity contribution in [2.45, 2.75) is 11.8 Å². The second-order valence-electron chi connectivity index (χ2n) is 8.67. The summed E-state index contributed by atoms with van der Waals surface area (Å²) in [5.41, 5.74) is 10.5. The molecule has 0 amide bonds.